The molecule has 3 aliphatic rings. The van der Waals surface area contributed by atoms with Crippen LogP contribution in [0.3, 0.4) is 0 Å². The van der Waals surface area contributed by atoms with Crippen LogP contribution in [0.15, 0.2) is 54.4 Å². The lowest BCUT2D eigenvalue weighted by atomic mass is 9.79. The van der Waals surface area contributed by atoms with E-state index < -0.39 is 11.9 Å². The first-order valence-corrected chi connectivity index (χ1v) is 12.7. The van der Waals surface area contributed by atoms with Gasteiger partial charge in [-0.3, -0.25) is 29.3 Å². The zero-order valence-electron chi connectivity index (χ0n) is 20.2. The Labute approximate surface area is 222 Å². The summed E-state index contributed by atoms with van der Waals surface area (Å²) in [7, 11) is 0. The van der Waals surface area contributed by atoms with Crippen molar-refractivity contribution >= 4 is 57.5 Å². The molecular weight excluding hydrogens is 508 g/mol. The van der Waals surface area contributed by atoms with E-state index in [1.165, 1.54) is 11.1 Å². The maximum absolute atomic E-state index is 13.1. The highest BCUT2D eigenvalue weighted by molar-refractivity contribution is 6.32. The number of H-pyrrole nitrogens is 1. The molecule has 2 aliphatic heterocycles. The highest BCUT2D eigenvalue weighted by Gasteiger charge is 2.40. The van der Waals surface area contributed by atoms with Crippen molar-refractivity contribution < 1.29 is 24.0 Å². The van der Waals surface area contributed by atoms with E-state index in [0.29, 0.717) is 21.8 Å². The summed E-state index contributed by atoms with van der Waals surface area (Å²) in [4.78, 5) is 67.7. The third-order valence-electron chi connectivity index (χ3n) is 7.55. The molecule has 0 bridgehead atoms. The van der Waals surface area contributed by atoms with Crippen LogP contribution in [0.1, 0.15) is 53.1 Å². The SMILES string of the molecule is O=C1CCC(N2Cc3c(NC=C4C(=O)CC(c5c(Cl)ccc6[nH]ccc56)CC4=O)cccc3C2=O)C(=O)N1. The lowest BCUT2D eigenvalue weighted by Gasteiger charge is -2.29. The molecule has 2 fully saturated rings. The van der Waals surface area contributed by atoms with E-state index in [1.54, 1.807) is 30.5 Å². The van der Waals surface area contributed by atoms with Crippen molar-refractivity contribution in [1.29, 1.82) is 0 Å². The van der Waals surface area contributed by atoms with E-state index in [9.17, 15) is 24.0 Å². The Balaban J connectivity index is 1.22. The van der Waals surface area contributed by atoms with Crippen molar-refractivity contribution in [3.8, 4) is 0 Å². The summed E-state index contributed by atoms with van der Waals surface area (Å²) in [5, 5.41) is 6.78. The topological polar surface area (TPSA) is 128 Å². The number of rotatable bonds is 4. The smallest absolute Gasteiger partial charge is 0.255 e. The van der Waals surface area contributed by atoms with Crippen molar-refractivity contribution in [2.24, 2.45) is 0 Å². The fourth-order valence-electron chi connectivity index (χ4n) is 5.68. The van der Waals surface area contributed by atoms with Gasteiger partial charge in [0.2, 0.25) is 11.8 Å². The van der Waals surface area contributed by atoms with Crippen LogP contribution in [0.25, 0.3) is 10.9 Å². The molecule has 192 valence electrons. The van der Waals surface area contributed by atoms with Crippen molar-refractivity contribution in [3.05, 3.63) is 76.1 Å². The van der Waals surface area contributed by atoms with Gasteiger partial charge in [0.25, 0.3) is 5.91 Å². The average molecular weight is 531 g/mol. The van der Waals surface area contributed by atoms with Gasteiger partial charge in [-0.25, -0.2) is 0 Å². The van der Waals surface area contributed by atoms with Gasteiger partial charge in [-0.15, -0.1) is 0 Å². The normalized spacial score (nSPS) is 21.7. The zero-order chi connectivity index (χ0) is 26.6. The molecule has 1 aromatic heterocycles. The largest absolute Gasteiger partial charge is 0.361 e. The second kappa shape index (κ2) is 9.25. The van der Waals surface area contributed by atoms with Gasteiger partial charge in [-0.1, -0.05) is 17.7 Å². The number of amides is 3. The molecule has 1 atom stereocenters. The number of nitrogens with zero attached hydrogens (tertiary/aromatic N) is 1. The Bertz CT molecular complexity index is 1570. The minimum Gasteiger partial charge on any atom is -0.361 e. The van der Waals surface area contributed by atoms with Gasteiger partial charge in [0.15, 0.2) is 11.6 Å². The van der Waals surface area contributed by atoms with Gasteiger partial charge in [0, 0.05) is 76.9 Å². The maximum Gasteiger partial charge on any atom is 0.255 e. The fourth-order valence-corrected chi connectivity index (χ4v) is 6.00. The third kappa shape index (κ3) is 3.99. The summed E-state index contributed by atoms with van der Waals surface area (Å²) in [6.45, 7) is 0.177. The maximum atomic E-state index is 13.1. The number of hydrogen-bond donors (Lipinski definition) is 3. The van der Waals surface area contributed by atoms with Crippen LogP contribution < -0.4 is 10.6 Å². The monoisotopic (exact) mass is 530 g/mol. The molecule has 3 N–H and O–H groups in total. The fraction of sp³-hybridized carbons (Fsp3) is 0.250. The number of aromatic amines is 1. The summed E-state index contributed by atoms with van der Waals surface area (Å²) < 4.78 is 0. The first-order chi connectivity index (χ1) is 18.3. The molecule has 1 saturated carbocycles. The van der Waals surface area contributed by atoms with Gasteiger partial charge in [-0.05, 0) is 42.3 Å². The van der Waals surface area contributed by atoms with E-state index >= 15 is 0 Å². The highest BCUT2D eigenvalue weighted by atomic mass is 35.5. The number of carbonyl (C=O) groups is 5. The van der Waals surface area contributed by atoms with Crippen LogP contribution in [-0.4, -0.2) is 45.2 Å². The Morgan fingerprint density at radius 1 is 1.00 bits per heavy atom. The minimum atomic E-state index is -0.728. The Hall–Kier alpha value is -4.24. The lowest BCUT2D eigenvalue weighted by molar-refractivity contribution is -0.137. The quantitative estimate of drug-likeness (QED) is 0.269. The number of ketones is 2. The molecule has 3 aromatic rings. The predicted octanol–water partition coefficient (Wildman–Crippen LogP) is 3.59. The number of hydrogen-bond acceptors (Lipinski definition) is 6. The molecular formula is C28H23ClN4O5. The number of nitrogens with one attached hydrogen (secondary N) is 3. The molecule has 6 rings (SSSR count). The van der Waals surface area contributed by atoms with Gasteiger partial charge in [0.1, 0.15) is 6.04 Å². The van der Waals surface area contributed by atoms with Crippen LogP contribution in [0.2, 0.25) is 5.02 Å². The summed E-state index contributed by atoms with van der Waals surface area (Å²) in [6.07, 6.45) is 3.95. The van der Waals surface area contributed by atoms with E-state index in [0.717, 1.165) is 16.5 Å². The molecule has 0 radical (unpaired) electrons. The third-order valence-corrected chi connectivity index (χ3v) is 7.88. The average Bonchev–Trinajstić information content (AvgIpc) is 3.48. The molecule has 10 heteroatoms. The number of allylic oxidation sites excluding steroid dienone is 1. The van der Waals surface area contributed by atoms with E-state index in [4.69, 9.17) is 11.6 Å². The molecule has 9 nitrogen and oxygen atoms in total. The molecule has 1 saturated heterocycles. The number of piperidine rings is 1. The van der Waals surface area contributed by atoms with Crippen LogP contribution >= 0.6 is 11.6 Å². The van der Waals surface area contributed by atoms with Gasteiger partial charge < -0.3 is 15.2 Å². The van der Waals surface area contributed by atoms with Gasteiger partial charge in [-0.2, -0.15) is 0 Å². The lowest BCUT2D eigenvalue weighted by Crippen LogP contribution is -2.52. The van der Waals surface area contributed by atoms with E-state index in [2.05, 4.69) is 15.6 Å². The molecule has 2 aromatic carbocycles. The number of imide groups is 1. The van der Waals surface area contributed by atoms with Gasteiger partial charge in [0.05, 0.1) is 5.57 Å². The minimum absolute atomic E-state index is 0.0718. The summed E-state index contributed by atoms with van der Waals surface area (Å²) in [6, 6.07) is 9.94. The molecule has 3 amide bonds. The van der Waals surface area contributed by atoms with Crippen molar-refractivity contribution in [3.63, 3.8) is 0 Å². The summed E-state index contributed by atoms with van der Waals surface area (Å²) in [5.41, 5.74) is 3.44. The second-order valence-electron chi connectivity index (χ2n) is 9.79. The van der Waals surface area contributed by atoms with E-state index in [1.807, 2.05) is 12.1 Å². The van der Waals surface area contributed by atoms with Crippen LogP contribution in [-0.2, 0) is 25.7 Å². The summed E-state index contributed by atoms with van der Waals surface area (Å²) >= 11 is 6.48. The van der Waals surface area contributed by atoms with Crippen LogP contribution in [0.4, 0.5) is 5.69 Å². The molecule has 1 unspecified atom stereocenters. The number of fused-ring (bicyclic) bond motifs is 2. The van der Waals surface area contributed by atoms with Gasteiger partial charge >= 0.3 is 0 Å². The number of halogens is 1. The molecule has 38 heavy (non-hydrogen) atoms. The standard InChI is InChI=1S/C28H23ClN4O5/c29-19-4-5-21-16(8-9-30-21)26(19)14-10-23(34)17(24(35)11-14)12-31-20-3-1-2-15-18(20)13-33(28(15)38)22-6-7-25(36)32-27(22)37/h1-5,8-9,12,14,22,30-31H,6-7,10-11,13H2,(H,32,36,37). The number of benzene rings is 2. The highest BCUT2D eigenvalue weighted by Crippen LogP contribution is 2.40. The summed E-state index contributed by atoms with van der Waals surface area (Å²) in [5.74, 6) is -2.01. The van der Waals surface area contributed by atoms with E-state index in [-0.39, 0.29) is 67.1 Å². The first kappa shape index (κ1) is 24.1. The Kier molecular flexibility index (Phi) is 5.87. The Morgan fingerprint density at radius 2 is 1.79 bits per heavy atom. The van der Waals surface area contributed by atoms with Crippen molar-refractivity contribution in [2.75, 3.05) is 5.32 Å². The molecule has 0 spiro atoms. The molecule has 3 heterocycles. The number of carbonyl (C=O) groups excluding carboxylic acids is 5. The van der Waals surface area contributed by atoms with Crippen LogP contribution in [0.5, 0.6) is 0 Å². The number of anilines is 1. The Morgan fingerprint density at radius 3 is 2.55 bits per heavy atom. The van der Waals surface area contributed by atoms with Crippen molar-refractivity contribution in [2.45, 2.75) is 44.2 Å². The first-order valence-electron chi connectivity index (χ1n) is 12.4. The predicted molar refractivity (Wildman–Crippen MR) is 139 cm³/mol. The number of aromatic nitrogens is 1. The molecule has 1 aliphatic carbocycles. The zero-order valence-corrected chi connectivity index (χ0v) is 20.9. The second-order valence-corrected chi connectivity index (χ2v) is 10.2. The van der Waals surface area contributed by atoms with Crippen LogP contribution in [0, 0.1) is 0 Å². The van der Waals surface area contributed by atoms with Crippen molar-refractivity contribution in [1.82, 2.24) is 15.2 Å². The number of Topliss-reactive ketones (excluding diaryl/α,β-unsaturated/α-hetero) is 2.